The van der Waals surface area contributed by atoms with Gasteiger partial charge in [0, 0.05) is 38.8 Å². The maximum absolute atomic E-state index is 11.7. The van der Waals surface area contributed by atoms with E-state index in [2.05, 4.69) is 15.5 Å². The molecule has 1 aromatic carbocycles. The van der Waals surface area contributed by atoms with Crippen molar-refractivity contribution in [2.24, 2.45) is 0 Å². The zero-order valence-corrected chi connectivity index (χ0v) is 13.3. The number of rotatable bonds is 5. The lowest BCUT2D eigenvalue weighted by molar-refractivity contribution is 0.230. The Morgan fingerprint density at radius 2 is 2.09 bits per heavy atom. The first-order valence-electron chi connectivity index (χ1n) is 7.23. The third-order valence-corrected chi connectivity index (χ3v) is 3.13. The number of benzene rings is 1. The first-order valence-corrected chi connectivity index (χ1v) is 7.23. The highest BCUT2D eigenvalue weighted by atomic mass is 16.5. The van der Waals surface area contributed by atoms with Crippen molar-refractivity contribution < 1.29 is 9.53 Å². The van der Waals surface area contributed by atoms with Crippen LogP contribution in [0.5, 0.6) is 11.8 Å². The Bertz CT molecular complexity index is 651. The molecule has 118 valence electrons. The summed E-state index contributed by atoms with van der Waals surface area (Å²) in [6.45, 7) is 4.78. The summed E-state index contributed by atoms with van der Waals surface area (Å²) in [4.78, 5) is 13.1. The second-order valence-electron chi connectivity index (χ2n) is 4.95. The number of carbonyl (C=O) groups excluding carboxylic acids is 1. The molecule has 0 saturated heterocycles. The van der Waals surface area contributed by atoms with Crippen molar-refractivity contribution >= 4 is 11.7 Å². The lowest BCUT2D eigenvalue weighted by atomic mass is 10.3. The standard InChI is InChI=1S/C15H21N5O2/c1-5-13-17-18-15(20(13)6-2)22-12-9-7-8-11(10-12)16-14(21)19(3)4/h7-10H,5-6H2,1-4H3,(H,16,21). The van der Waals surface area contributed by atoms with Crippen LogP contribution in [0, 0.1) is 0 Å². The van der Waals surface area contributed by atoms with E-state index in [1.807, 2.05) is 30.5 Å². The van der Waals surface area contributed by atoms with E-state index in [-0.39, 0.29) is 6.03 Å². The van der Waals surface area contributed by atoms with Crippen LogP contribution in [0.3, 0.4) is 0 Å². The highest BCUT2D eigenvalue weighted by molar-refractivity contribution is 5.89. The van der Waals surface area contributed by atoms with Gasteiger partial charge in [-0.1, -0.05) is 18.1 Å². The molecule has 1 heterocycles. The lowest BCUT2D eigenvalue weighted by Crippen LogP contribution is -2.27. The SMILES string of the molecule is CCc1nnc(Oc2cccc(NC(=O)N(C)C)c2)n1CC. The maximum atomic E-state index is 11.7. The van der Waals surface area contributed by atoms with Gasteiger partial charge in [-0.3, -0.25) is 4.57 Å². The first kappa shape index (κ1) is 15.8. The van der Waals surface area contributed by atoms with Crippen molar-refractivity contribution in [2.75, 3.05) is 19.4 Å². The topological polar surface area (TPSA) is 72.3 Å². The number of anilines is 1. The van der Waals surface area contributed by atoms with Crippen LogP contribution >= 0.6 is 0 Å². The summed E-state index contributed by atoms with van der Waals surface area (Å²) in [5, 5.41) is 11.0. The van der Waals surface area contributed by atoms with Gasteiger partial charge < -0.3 is 15.0 Å². The smallest absolute Gasteiger partial charge is 0.322 e. The van der Waals surface area contributed by atoms with Crippen LogP contribution in [-0.4, -0.2) is 39.8 Å². The Hall–Kier alpha value is -2.57. The Morgan fingerprint density at radius 3 is 2.73 bits per heavy atom. The molecule has 0 aliphatic rings. The highest BCUT2D eigenvalue weighted by Crippen LogP contribution is 2.23. The van der Waals surface area contributed by atoms with Crippen LogP contribution < -0.4 is 10.1 Å². The van der Waals surface area contributed by atoms with Gasteiger partial charge in [0.15, 0.2) is 0 Å². The Morgan fingerprint density at radius 1 is 1.32 bits per heavy atom. The average molecular weight is 303 g/mol. The predicted octanol–water partition coefficient (Wildman–Crippen LogP) is 2.75. The van der Waals surface area contributed by atoms with E-state index in [1.165, 1.54) is 4.90 Å². The van der Waals surface area contributed by atoms with Gasteiger partial charge in [0.1, 0.15) is 11.6 Å². The zero-order chi connectivity index (χ0) is 16.1. The number of ether oxygens (including phenoxy) is 1. The summed E-state index contributed by atoms with van der Waals surface area (Å²) in [6, 6.07) is 7.44. The second-order valence-corrected chi connectivity index (χ2v) is 4.95. The molecule has 0 aliphatic heterocycles. The molecule has 0 saturated carbocycles. The van der Waals surface area contributed by atoms with E-state index < -0.39 is 0 Å². The molecule has 7 heteroatoms. The number of amides is 2. The van der Waals surface area contributed by atoms with Crippen LogP contribution in [0.15, 0.2) is 24.3 Å². The third kappa shape index (κ3) is 3.55. The van der Waals surface area contributed by atoms with Gasteiger partial charge in [-0.25, -0.2) is 4.79 Å². The van der Waals surface area contributed by atoms with Crippen molar-refractivity contribution in [3.63, 3.8) is 0 Å². The number of aromatic nitrogens is 3. The molecule has 0 unspecified atom stereocenters. The molecule has 2 aromatic rings. The summed E-state index contributed by atoms with van der Waals surface area (Å²) in [6.07, 6.45) is 0.795. The van der Waals surface area contributed by atoms with Crippen LogP contribution in [0.25, 0.3) is 0 Å². The Labute approximate surface area is 129 Å². The fourth-order valence-electron chi connectivity index (χ4n) is 1.95. The van der Waals surface area contributed by atoms with Crippen LogP contribution in [0.1, 0.15) is 19.7 Å². The normalized spacial score (nSPS) is 10.4. The largest absolute Gasteiger partial charge is 0.424 e. The predicted molar refractivity (Wildman–Crippen MR) is 84.3 cm³/mol. The molecule has 1 N–H and O–H groups in total. The number of hydrogen-bond acceptors (Lipinski definition) is 4. The summed E-state index contributed by atoms with van der Waals surface area (Å²) in [5.74, 6) is 1.48. The van der Waals surface area contributed by atoms with Gasteiger partial charge in [-0.05, 0) is 19.1 Å². The van der Waals surface area contributed by atoms with Gasteiger partial charge >= 0.3 is 12.0 Å². The second kappa shape index (κ2) is 6.93. The van der Waals surface area contributed by atoms with Gasteiger partial charge in [0.2, 0.25) is 0 Å². The Balaban J connectivity index is 2.17. The molecular formula is C15H21N5O2. The summed E-state index contributed by atoms with van der Waals surface area (Å²) < 4.78 is 7.71. The number of carbonyl (C=O) groups is 1. The first-order chi connectivity index (χ1) is 10.5. The number of aryl methyl sites for hydroxylation is 1. The van der Waals surface area contributed by atoms with Crippen LogP contribution in [0.2, 0.25) is 0 Å². The van der Waals surface area contributed by atoms with E-state index in [9.17, 15) is 4.79 Å². The van der Waals surface area contributed by atoms with Crippen LogP contribution in [0.4, 0.5) is 10.5 Å². The highest BCUT2D eigenvalue weighted by Gasteiger charge is 2.12. The number of nitrogens with one attached hydrogen (secondary N) is 1. The van der Waals surface area contributed by atoms with E-state index in [1.54, 1.807) is 26.2 Å². The summed E-state index contributed by atoms with van der Waals surface area (Å²) in [5.41, 5.74) is 0.662. The molecule has 0 atom stereocenters. The number of hydrogen-bond donors (Lipinski definition) is 1. The van der Waals surface area contributed by atoms with Crippen molar-refractivity contribution in [3.05, 3.63) is 30.1 Å². The Kier molecular flexibility index (Phi) is 4.98. The van der Waals surface area contributed by atoms with Gasteiger partial charge in [-0.15, -0.1) is 5.10 Å². The zero-order valence-electron chi connectivity index (χ0n) is 13.3. The maximum Gasteiger partial charge on any atom is 0.322 e. The molecule has 0 bridgehead atoms. The lowest BCUT2D eigenvalue weighted by Gasteiger charge is -2.13. The van der Waals surface area contributed by atoms with Gasteiger partial charge in [0.05, 0.1) is 0 Å². The quantitative estimate of drug-likeness (QED) is 0.922. The van der Waals surface area contributed by atoms with E-state index in [0.717, 1.165) is 18.8 Å². The van der Waals surface area contributed by atoms with Crippen molar-refractivity contribution in [1.29, 1.82) is 0 Å². The monoisotopic (exact) mass is 303 g/mol. The minimum atomic E-state index is -0.192. The van der Waals surface area contributed by atoms with Gasteiger partial charge in [-0.2, -0.15) is 0 Å². The van der Waals surface area contributed by atoms with Crippen molar-refractivity contribution in [2.45, 2.75) is 26.8 Å². The van der Waals surface area contributed by atoms with E-state index >= 15 is 0 Å². The molecule has 0 radical (unpaired) electrons. The fourth-order valence-corrected chi connectivity index (χ4v) is 1.95. The molecule has 0 spiro atoms. The molecule has 0 aliphatic carbocycles. The molecule has 2 rings (SSSR count). The molecule has 22 heavy (non-hydrogen) atoms. The molecule has 1 aromatic heterocycles. The summed E-state index contributed by atoms with van der Waals surface area (Å²) in [7, 11) is 3.37. The minimum absolute atomic E-state index is 0.192. The molecule has 2 amide bonds. The number of nitrogens with zero attached hydrogens (tertiary/aromatic N) is 4. The molecular weight excluding hydrogens is 282 g/mol. The van der Waals surface area contributed by atoms with E-state index in [4.69, 9.17) is 4.74 Å². The van der Waals surface area contributed by atoms with E-state index in [0.29, 0.717) is 17.4 Å². The van der Waals surface area contributed by atoms with Gasteiger partial charge in [0.25, 0.3) is 0 Å². The fraction of sp³-hybridized carbons (Fsp3) is 0.400. The van der Waals surface area contributed by atoms with Crippen molar-refractivity contribution in [3.8, 4) is 11.8 Å². The van der Waals surface area contributed by atoms with Crippen LogP contribution in [-0.2, 0) is 13.0 Å². The average Bonchev–Trinajstić information content (AvgIpc) is 2.89. The molecule has 7 nitrogen and oxygen atoms in total. The number of urea groups is 1. The third-order valence-electron chi connectivity index (χ3n) is 3.13. The molecule has 0 fully saturated rings. The minimum Gasteiger partial charge on any atom is -0.424 e. The summed E-state index contributed by atoms with van der Waals surface area (Å²) >= 11 is 0. The van der Waals surface area contributed by atoms with Crippen molar-refractivity contribution in [1.82, 2.24) is 19.7 Å².